The Balaban J connectivity index is 1.52. The van der Waals surface area contributed by atoms with Gasteiger partial charge in [0.15, 0.2) is 0 Å². The SMILES string of the molecule is CC(C)(C(=O)O)c1cccc(CCN[C@H](c2ccccc2)[C@H]2CNc3cc(F)cc(C#N)c3N2)c1. The van der Waals surface area contributed by atoms with E-state index in [1.165, 1.54) is 12.1 Å². The van der Waals surface area contributed by atoms with Crippen molar-refractivity contribution in [3.05, 3.63) is 94.8 Å². The van der Waals surface area contributed by atoms with Crippen molar-refractivity contribution >= 4 is 17.3 Å². The van der Waals surface area contributed by atoms with E-state index in [0.717, 1.165) is 23.1 Å². The Morgan fingerprint density at radius 2 is 1.97 bits per heavy atom. The third-order valence-electron chi connectivity index (χ3n) is 6.59. The Hall–Kier alpha value is -3.89. The molecule has 6 nitrogen and oxygen atoms in total. The predicted molar refractivity (Wildman–Crippen MR) is 135 cm³/mol. The van der Waals surface area contributed by atoms with Gasteiger partial charge in [-0.2, -0.15) is 5.26 Å². The molecule has 0 amide bonds. The van der Waals surface area contributed by atoms with Gasteiger partial charge in [0.2, 0.25) is 0 Å². The standard InChI is InChI=1S/C28H29FN4O2/c1-28(2,27(34)35)21-10-6-7-18(13-21)11-12-31-25(19-8-4-3-5-9-19)24-17-32-23-15-22(29)14-20(16-30)26(23)33-24/h3-10,13-15,24-25,31-33H,11-12,17H2,1-2H3,(H,34,35)/t24-,25-/m1/s1. The molecule has 1 heterocycles. The highest BCUT2D eigenvalue weighted by Gasteiger charge is 2.30. The summed E-state index contributed by atoms with van der Waals surface area (Å²) < 4.78 is 13.9. The van der Waals surface area contributed by atoms with Crippen LogP contribution in [0.5, 0.6) is 0 Å². The number of nitriles is 1. The minimum Gasteiger partial charge on any atom is -0.481 e. The number of halogens is 1. The molecule has 0 saturated heterocycles. The molecule has 1 aliphatic heterocycles. The van der Waals surface area contributed by atoms with Crippen LogP contribution in [0.4, 0.5) is 15.8 Å². The van der Waals surface area contributed by atoms with Crippen LogP contribution in [0.25, 0.3) is 0 Å². The Labute approximate surface area is 204 Å². The van der Waals surface area contributed by atoms with Gasteiger partial charge in [-0.25, -0.2) is 4.39 Å². The van der Waals surface area contributed by atoms with Crippen molar-refractivity contribution in [3.63, 3.8) is 0 Å². The van der Waals surface area contributed by atoms with Crippen LogP contribution in [0.3, 0.4) is 0 Å². The molecule has 0 saturated carbocycles. The Morgan fingerprint density at radius 1 is 1.20 bits per heavy atom. The second kappa shape index (κ2) is 10.2. The van der Waals surface area contributed by atoms with Gasteiger partial charge >= 0.3 is 5.97 Å². The van der Waals surface area contributed by atoms with Crippen LogP contribution in [-0.4, -0.2) is 30.2 Å². The molecule has 3 aromatic rings. The number of nitrogens with zero attached hydrogens (tertiary/aromatic N) is 1. The largest absolute Gasteiger partial charge is 0.481 e. The number of fused-ring (bicyclic) bond motifs is 1. The Morgan fingerprint density at radius 3 is 2.69 bits per heavy atom. The molecule has 0 unspecified atom stereocenters. The molecule has 7 heteroatoms. The molecule has 35 heavy (non-hydrogen) atoms. The summed E-state index contributed by atoms with van der Waals surface area (Å²) in [5.41, 5.74) is 3.42. The van der Waals surface area contributed by atoms with Crippen LogP contribution in [0.15, 0.2) is 66.7 Å². The van der Waals surface area contributed by atoms with E-state index in [1.54, 1.807) is 13.8 Å². The van der Waals surface area contributed by atoms with Crippen LogP contribution in [0, 0.1) is 17.1 Å². The van der Waals surface area contributed by atoms with E-state index in [4.69, 9.17) is 0 Å². The number of anilines is 2. The molecule has 0 radical (unpaired) electrons. The van der Waals surface area contributed by atoms with Crippen molar-refractivity contribution in [3.8, 4) is 6.07 Å². The molecule has 4 N–H and O–H groups in total. The van der Waals surface area contributed by atoms with Crippen LogP contribution in [0.2, 0.25) is 0 Å². The number of carboxylic acid groups (broad SMARTS) is 1. The number of rotatable bonds is 8. The van der Waals surface area contributed by atoms with Gasteiger partial charge in [0.1, 0.15) is 11.9 Å². The Bertz CT molecular complexity index is 1250. The average Bonchev–Trinajstić information content (AvgIpc) is 2.86. The van der Waals surface area contributed by atoms with Crippen molar-refractivity contribution in [2.24, 2.45) is 0 Å². The highest BCUT2D eigenvalue weighted by atomic mass is 19.1. The summed E-state index contributed by atoms with van der Waals surface area (Å²) in [6, 6.07) is 22.3. The second-order valence-corrected chi connectivity index (χ2v) is 9.34. The van der Waals surface area contributed by atoms with Crippen LogP contribution < -0.4 is 16.0 Å². The summed E-state index contributed by atoms with van der Waals surface area (Å²) in [4.78, 5) is 11.7. The maximum atomic E-state index is 13.9. The molecular formula is C28H29FN4O2. The summed E-state index contributed by atoms with van der Waals surface area (Å²) in [6.07, 6.45) is 0.721. The lowest BCUT2D eigenvalue weighted by atomic mass is 9.84. The van der Waals surface area contributed by atoms with Crippen molar-refractivity contribution in [2.45, 2.75) is 37.8 Å². The van der Waals surface area contributed by atoms with E-state index >= 15 is 0 Å². The van der Waals surface area contributed by atoms with E-state index in [-0.39, 0.29) is 17.6 Å². The number of hydrogen-bond acceptors (Lipinski definition) is 5. The first-order valence-electron chi connectivity index (χ1n) is 11.6. The van der Waals surface area contributed by atoms with Gasteiger partial charge in [0.05, 0.1) is 34.4 Å². The molecule has 0 spiro atoms. The van der Waals surface area contributed by atoms with Crippen molar-refractivity contribution < 1.29 is 14.3 Å². The molecule has 2 atom stereocenters. The lowest BCUT2D eigenvalue weighted by Crippen LogP contribution is -2.44. The van der Waals surface area contributed by atoms with Gasteiger partial charge in [-0.05, 0) is 55.6 Å². The molecule has 1 aliphatic rings. The molecule has 180 valence electrons. The van der Waals surface area contributed by atoms with Gasteiger partial charge in [-0.1, -0.05) is 54.6 Å². The zero-order chi connectivity index (χ0) is 25.0. The number of hydrogen-bond donors (Lipinski definition) is 4. The monoisotopic (exact) mass is 472 g/mol. The van der Waals surface area contributed by atoms with Crippen molar-refractivity contribution in [1.29, 1.82) is 5.26 Å². The fourth-order valence-electron chi connectivity index (χ4n) is 4.41. The zero-order valence-electron chi connectivity index (χ0n) is 19.8. The average molecular weight is 473 g/mol. The van der Waals surface area contributed by atoms with E-state index in [0.29, 0.717) is 24.5 Å². The van der Waals surface area contributed by atoms with E-state index in [2.05, 4.69) is 34.2 Å². The zero-order valence-corrected chi connectivity index (χ0v) is 19.8. The molecule has 0 aliphatic carbocycles. The first kappa shape index (κ1) is 24.2. The lowest BCUT2D eigenvalue weighted by molar-refractivity contribution is -0.142. The number of nitrogens with one attached hydrogen (secondary N) is 3. The third kappa shape index (κ3) is 5.28. The highest BCUT2D eigenvalue weighted by Crippen LogP contribution is 2.34. The first-order valence-corrected chi connectivity index (χ1v) is 11.6. The van der Waals surface area contributed by atoms with Crippen LogP contribution in [-0.2, 0) is 16.6 Å². The minimum absolute atomic E-state index is 0.0768. The predicted octanol–water partition coefficient (Wildman–Crippen LogP) is 4.84. The number of carboxylic acids is 1. The van der Waals surface area contributed by atoms with Crippen LogP contribution in [0.1, 0.15) is 42.1 Å². The molecular weight excluding hydrogens is 443 g/mol. The normalized spacial score (nSPS) is 15.8. The number of benzene rings is 3. The number of aliphatic carboxylic acids is 1. The Kier molecular flexibility index (Phi) is 7.04. The summed E-state index contributed by atoms with van der Waals surface area (Å²) in [6.45, 7) is 4.63. The van der Waals surface area contributed by atoms with Gasteiger partial charge in [-0.3, -0.25) is 4.79 Å². The first-order chi connectivity index (χ1) is 16.8. The fourth-order valence-corrected chi connectivity index (χ4v) is 4.41. The molecule has 0 fully saturated rings. The summed E-state index contributed by atoms with van der Waals surface area (Å²) in [7, 11) is 0. The van der Waals surface area contributed by atoms with E-state index in [9.17, 15) is 19.6 Å². The van der Waals surface area contributed by atoms with Gasteiger partial charge in [0, 0.05) is 6.54 Å². The lowest BCUT2D eigenvalue weighted by Gasteiger charge is -2.35. The third-order valence-corrected chi connectivity index (χ3v) is 6.59. The fraction of sp³-hybridized carbons (Fsp3) is 0.286. The smallest absolute Gasteiger partial charge is 0.313 e. The topological polar surface area (TPSA) is 97.2 Å². The van der Waals surface area contributed by atoms with Crippen molar-refractivity contribution in [1.82, 2.24) is 5.32 Å². The number of carbonyl (C=O) groups is 1. The summed E-state index contributed by atoms with van der Waals surface area (Å²) in [5.74, 6) is -1.30. The summed E-state index contributed by atoms with van der Waals surface area (Å²) in [5, 5.41) is 29.4. The van der Waals surface area contributed by atoms with E-state index in [1.807, 2.05) is 42.5 Å². The van der Waals surface area contributed by atoms with Gasteiger partial charge in [0.25, 0.3) is 0 Å². The second-order valence-electron chi connectivity index (χ2n) is 9.34. The van der Waals surface area contributed by atoms with E-state index < -0.39 is 17.2 Å². The van der Waals surface area contributed by atoms with Gasteiger partial charge < -0.3 is 21.1 Å². The minimum atomic E-state index is -0.959. The molecule has 0 bridgehead atoms. The molecule has 3 aromatic carbocycles. The molecule has 0 aromatic heterocycles. The van der Waals surface area contributed by atoms with Gasteiger partial charge in [-0.15, -0.1) is 0 Å². The maximum Gasteiger partial charge on any atom is 0.313 e. The summed E-state index contributed by atoms with van der Waals surface area (Å²) >= 11 is 0. The van der Waals surface area contributed by atoms with Crippen LogP contribution >= 0.6 is 0 Å². The highest BCUT2D eigenvalue weighted by molar-refractivity contribution is 5.80. The molecule has 4 rings (SSSR count). The van der Waals surface area contributed by atoms with Crippen molar-refractivity contribution in [2.75, 3.05) is 23.7 Å². The quantitative estimate of drug-likeness (QED) is 0.375. The maximum absolute atomic E-state index is 13.9.